The van der Waals surface area contributed by atoms with Crippen LogP contribution in [0.25, 0.3) is 0 Å². The Balaban J connectivity index is 2.26. The molecule has 1 fully saturated rings. The van der Waals surface area contributed by atoms with Crippen molar-refractivity contribution in [3.8, 4) is 5.75 Å². The zero-order valence-corrected chi connectivity index (χ0v) is 36.9. The summed E-state index contributed by atoms with van der Waals surface area (Å²) in [5.74, 6) is -8.45. The Morgan fingerprint density at radius 1 is 0.703 bits per heavy atom. The summed E-state index contributed by atoms with van der Waals surface area (Å²) in [5, 5.41) is 55.7. The molecule has 64 heavy (non-hydrogen) atoms. The number of carboxylic acid groups (broad SMARTS) is 1. The molecule has 1 heterocycles. The first-order chi connectivity index (χ1) is 30.2. The molecule has 1 aromatic carbocycles. The standard InChI is InChI=1S/C41H66N10O13/c1-6-21(2)32(39(61)46-27(10-7-8-16-42)35(57)44-23(4)34(56)49-30(20-53)41(63)64)50-37(59)29(19-52)48-36(58)28(18-25-12-14-26(54)15-13-25)47-33(55)24(5)45-38(60)31-11-9-17-51(31)40(62)22(3)43/h12-15,21-24,27-32,52-54H,6-11,16-20,42-43H2,1-5H3,(H,44,57)(H,45,60)(H,46,61)(H,47,55)(H,48,58)(H,49,56)(H,50,59)(H,63,64)/t21-,22-,23-,24+,27-,28-,29-,30-,31-,32-/m0/s1. The van der Waals surface area contributed by atoms with Gasteiger partial charge in [-0.1, -0.05) is 32.4 Å². The average Bonchev–Trinajstić information content (AvgIpc) is 3.75. The first kappa shape index (κ1) is 54.2. The molecule has 15 N–H and O–H groups in total. The smallest absolute Gasteiger partial charge is 0.328 e. The zero-order valence-electron chi connectivity index (χ0n) is 36.9. The van der Waals surface area contributed by atoms with Gasteiger partial charge in [-0.3, -0.25) is 38.4 Å². The number of amides is 8. The molecule has 1 aliphatic rings. The molecule has 1 aromatic rings. The van der Waals surface area contributed by atoms with E-state index in [0.29, 0.717) is 44.2 Å². The number of likely N-dealkylation sites (tertiary alicyclic amines) is 1. The summed E-state index contributed by atoms with van der Waals surface area (Å²) in [6.45, 7) is 6.24. The van der Waals surface area contributed by atoms with E-state index in [1.54, 1.807) is 13.8 Å². The van der Waals surface area contributed by atoms with Crippen molar-refractivity contribution >= 4 is 53.2 Å². The van der Waals surface area contributed by atoms with E-state index in [1.807, 2.05) is 0 Å². The molecular weight excluding hydrogens is 841 g/mol. The van der Waals surface area contributed by atoms with Crippen LogP contribution in [0, 0.1) is 5.92 Å². The minimum atomic E-state index is -1.67. The molecule has 0 spiro atoms. The van der Waals surface area contributed by atoms with Crippen LogP contribution in [-0.2, 0) is 49.6 Å². The van der Waals surface area contributed by atoms with E-state index in [0.717, 1.165) is 0 Å². The number of aliphatic hydroxyl groups is 2. The molecule has 2 rings (SSSR count). The minimum Gasteiger partial charge on any atom is -0.508 e. The summed E-state index contributed by atoms with van der Waals surface area (Å²) >= 11 is 0. The van der Waals surface area contributed by atoms with E-state index in [9.17, 15) is 58.5 Å². The van der Waals surface area contributed by atoms with Crippen molar-refractivity contribution in [1.82, 2.24) is 42.1 Å². The van der Waals surface area contributed by atoms with E-state index < -0.39 is 127 Å². The van der Waals surface area contributed by atoms with Crippen LogP contribution in [0.3, 0.4) is 0 Å². The third-order valence-corrected chi connectivity index (χ3v) is 10.7. The Bertz CT molecular complexity index is 1780. The normalized spacial score (nSPS) is 17.7. The van der Waals surface area contributed by atoms with Gasteiger partial charge in [0.15, 0.2) is 0 Å². The lowest BCUT2D eigenvalue weighted by Gasteiger charge is -2.29. The number of hydrogen-bond donors (Lipinski definition) is 13. The molecule has 0 unspecified atom stereocenters. The van der Waals surface area contributed by atoms with Gasteiger partial charge in [0, 0.05) is 13.0 Å². The summed E-state index contributed by atoms with van der Waals surface area (Å²) < 4.78 is 0. The summed E-state index contributed by atoms with van der Waals surface area (Å²) in [6.07, 6.45) is 1.94. The minimum absolute atomic E-state index is 0.0523. The highest BCUT2D eigenvalue weighted by molar-refractivity contribution is 5.98. The summed E-state index contributed by atoms with van der Waals surface area (Å²) in [7, 11) is 0. The van der Waals surface area contributed by atoms with Crippen LogP contribution in [-0.4, -0.2) is 159 Å². The highest BCUT2D eigenvalue weighted by Gasteiger charge is 2.38. The molecule has 1 aliphatic heterocycles. The third kappa shape index (κ3) is 16.7. The zero-order chi connectivity index (χ0) is 48.3. The number of carbonyl (C=O) groups excluding carboxylic acids is 8. The van der Waals surface area contributed by atoms with Crippen molar-refractivity contribution in [2.75, 3.05) is 26.3 Å². The van der Waals surface area contributed by atoms with E-state index in [1.165, 1.54) is 49.9 Å². The molecule has 0 radical (unpaired) electrons. The monoisotopic (exact) mass is 906 g/mol. The number of phenolic OH excluding ortho intramolecular Hbond substituents is 1. The Morgan fingerprint density at radius 3 is 1.78 bits per heavy atom. The SMILES string of the molecule is CC[C@H](C)[C@H](NC(=O)[C@H](CO)NC(=O)[C@H](Cc1ccc(O)cc1)NC(=O)[C@@H](C)NC(=O)[C@@H]1CCCN1C(=O)[C@H](C)N)C(=O)N[C@@H](CCCCN)C(=O)N[C@@H](C)C(=O)N[C@@H](CO)C(=O)O. The third-order valence-electron chi connectivity index (χ3n) is 10.7. The van der Waals surface area contributed by atoms with Gasteiger partial charge in [-0.15, -0.1) is 0 Å². The number of carbonyl (C=O) groups is 9. The van der Waals surface area contributed by atoms with Crippen molar-refractivity contribution in [2.45, 2.75) is 134 Å². The molecule has 0 saturated carbocycles. The van der Waals surface area contributed by atoms with Gasteiger partial charge in [-0.25, -0.2) is 4.79 Å². The lowest BCUT2D eigenvalue weighted by molar-refractivity contribution is -0.143. The first-order valence-electron chi connectivity index (χ1n) is 21.3. The van der Waals surface area contributed by atoms with E-state index in [4.69, 9.17) is 16.6 Å². The lowest BCUT2D eigenvalue weighted by atomic mass is 9.97. The number of aliphatic hydroxyl groups excluding tert-OH is 2. The topological polar surface area (TPSA) is 374 Å². The van der Waals surface area contributed by atoms with Gasteiger partial charge < -0.3 is 74.0 Å². The van der Waals surface area contributed by atoms with Gasteiger partial charge in [0.1, 0.15) is 54.1 Å². The number of rotatable bonds is 26. The maximum Gasteiger partial charge on any atom is 0.328 e. The van der Waals surface area contributed by atoms with Crippen LogP contribution in [0.5, 0.6) is 5.75 Å². The molecule has 10 atom stereocenters. The molecule has 358 valence electrons. The molecular formula is C41H66N10O13. The van der Waals surface area contributed by atoms with Gasteiger partial charge in [-0.2, -0.15) is 0 Å². The number of aliphatic carboxylic acids is 1. The van der Waals surface area contributed by atoms with Crippen LogP contribution in [0.15, 0.2) is 24.3 Å². The number of benzene rings is 1. The lowest BCUT2D eigenvalue weighted by Crippen LogP contribution is -2.61. The van der Waals surface area contributed by atoms with Crippen LogP contribution in [0.1, 0.15) is 78.7 Å². The number of nitrogens with one attached hydrogen (secondary N) is 7. The number of aromatic hydroxyl groups is 1. The molecule has 0 aliphatic carbocycles. The fourth-order valence-electron chi connectivity index (χ4n) is 6.62. The summed E-state index contributed by atoms with van der Waals surface area (Å²) in [4.78, 5) is 119. The highest BCUT2D eigenvalue weighted by atomic mass is 16.4. The van der Waals surface area contributed by atoms with Gasteiger partial charge in [0.05, 0.1) is 19.3 Å². The van der Waals surface area contributed by atoms with E-state index in [-0.39, 0.29) is 25.1 Å². The molecule has 8 amide bonds. The second-order valence-corrected chi connectivity index (χ2v) is 15.9. The number of carboxylic acids is 1. The average molecular weight is 907 g/mol. The van der Waals surface area contributed by atoms with Crippen LogP contribution in [0.4, 0.5) is 0 Å². The number of nitrogens with two attached hydrogens (primary N) is 2. The molecule has 0 aromatic heterocycles. The van der Waals surface area contributed by atoms with Crippen LogP contribution in [0.2, 0.25) is 0 Å². The molecule has 0 bridgehead atoms. The Kier molecular flexibility index (Phi) is 22.6. The number of hydrogen-bond acceptors (Lipinski definition) is 14. The van der Waals surface area contributed by atoms with Crippen LogP contribution < -0.4 is 48.7 Å². The second kappa shape index (κ2) is 26.7. The molecule has 23 heteroatoms. The van der Waals surface area contributed by atoms with Gasteiger partial charge in [0.25, 0.3) is 0 Å². The molecule has 23 nitrogen and oxygen atoms in total. The fourth-order valence-corrected chi connectivity index (χ4v) is 6.62. The van der Waals surface area contributed by atoms with Crippen molar-refractivity contribution in [2.24, 2.45) is 17.4 Å². The van der Waals surface area contributed by atoms with Crippen molar-refractivity contribution in [3.63, 3.8) is 0 Å². The molecule has 1 saturated heterocycles. The van der Waals surface area contributed by atoms with Gasteiger partial charge in [0.2, 0.25) is 47.3 Å². The van der Waals surface area contributed by atoms with Crippen molar-refractivity contribution in [1.29, 1.82) is 0 Å². The number of nitrogens with zero attached hydrogens (tertiary/aromatic N) is 1. The quantitative estimate of drug-likeness (QED) is 0.0394. The second-order valence-electron chi connectivity index (χ2n) is 15.9. The maximum absolute atomic E-state index is 13.8. The van der Waals surface area contributed by atoms with Crippen molar-refractivity contribution in [3.05, 3.63) is 29.8 Å². The summed E-state index contributed by atoms with van der Waals surface area (Å²) in [5.41, 5.74) is 11.8. The predicted molar refractivity (Wildman–Crippen MR) is 229 cm³/mol. The summed E-state index contributed by atoms with van der Waals surface area (Å²) in [6, 6.07) is -5.79. The van der Waals surface area contributed by atoms with E-state index in [2.05, 4.69) is 37.2 Å². The van der Waals surface area contributed by atoms with Crippen molar-refractivity contribution < 1.29 is 63.6 Å². The number of phenols is 1. The fraction of sp³-hybridized carbons (Fsp3) is 0.634. The maximum atomic E-state index is 13.8. The van der Waals surface area contributed by atoms with Crippen LogP contribution >= 0.6 is 0 Å². The van der Waals surface area contributed by atoms with Gasteiger partial charge >= 0.3 is 5.97 Å². The highest BCUT2D eigenvalue weighted by Crippen LogP contribution is 2.19. The first-order valence-corrected chi connectivity index (χ1v) is 21.3. The van der Waals surface area contributed by atoms with E-state index >= 15 is 0 Å². The number of unbranched alkanes of at least 4 members (excludes halogenated alkanes) is 1. The Morgan fingerprint density at radius 2 is 1.23 bits per heavy atom. The Labute approximate surface area is 371 Å². The van der Waals surface area contributed by atoms with Gasteiger partial charge in [-0.05, 0) is 83.0 Å². The predicted octanol–water partition coefficient (Wildman–Crippen LogP) is -4.05. The largest absolute Gasteiger partial charge is 0.508 e. The Hall–Kier alpha value is -5.91.